The number of hydrogen-bond acceptors (Lipinski definition) is 2. The molecule has 0 amide bonds. The first kappa shape index (κ1) is 13.0. The highest BCUT2D eigenvalue weighted by Crippen LogP contribution is 2.28. The van der Waals surface area contributed by atoms with Crippen molar-refractivity contribution in [2.75, 3.05) is 6.61 Å². The van der Waals surface area contributed by atoms with Gasteiger partial charge < -0.3 is 10.1 Å². The van der Waals surface area contributed by atoms with Gasteiger partial charge in [0, 0.05) is 19.0 Å². The summed E-state index contributed by atoms with van der Waals surface area (Å²) in [5.41, 5.74) is 2.79. The lowest BCUT2D eigenvalue weighted by molar-refractivity contribution is 0.254. The molecule has 2 unspecified atom stereocenters. The highest BCUT2D eigenvalue weighted by Gasteiger charge is 2.23. The number of benzene rings is 1. The minimum Gasteiger partial charge on any atom is -0.493 e. The molecule has 0 spiro atoms. The first-order valence-electron chi connectivity index (χ1n) is 7.85. The normalized spacial score (nSPS) is 25.9. The predicted octanol–water partition coefficient (Wildman–Crippen LogP) is 3.68. The fraction of sp³-hybridized carbons (Fsp3) is 0.647. The molecule has 3 rings (SSSR count). The van der Waals surface area contributed by atoms with Crippen LogP contribution < -0.4 is 10.1 Å². The summed E-state index contributed by atoms with van der Waals surface area (Å²) < 4.78 is 5.56. The van der Waals surface area contributed by atoms with E-state index < -0.39 is 0 Å². The van der Waals surface area contributed by atoms with Crippen molar-refractivity contribution in [3.8, 4) is 5.75 Å². The van der Waals surface area contributed by atoms with E-state index in [1.807, 2.05) is 0 Å². The Bertz CT molecular complexity index is 429. The van der Waals surface area contributed by atoms with Crippen molar-refractivity contribution < 1.29 is 4.74 Å². The zero-order valence-electron chi connectivity index (χ0n) is 12.0. The van der Waals surface area contributed by atoms with Gasteiger partial charge in [-0.15, -0.1) is 0 Å². The third-order valence-corrected chi connectivity index (χ3v) is 4.76. The summed E-state index contributed by atoms with van der Waals surface area (Å²) in [6.45, 7) is 4.19. The van der Waals surface area contributed by atoms with E-state index >= 15 is 0 Å². The summed E-state index contributed by atoms with van der Waals surface area (Å²) in [4.78, 5) is 0. The Balaban J connectivity index is 1.59. The standard InChI is InChI=1S/C17H25NO/c1-2-14-5-3-4-6-16(14)18-12-13-7-8-17-15(11-13)9-10-19-17/h7-8,11,14,16,18H,2-6,9-10,12H2,1H3. The van der Waals surface area contributed by atoms with Gasteiger partial charge in [0.1, 0.15) is 5.75 Å². The molecule has 1 N–H and O–H groups in total. The van der Waals surface area contributed by atoms with E-state index in [9.17, 15) is 0 Å². The van der Waals surface area contributed by atoms with Crippen LogP contribution in [-0.2, 0) is 13.0 Å². The highest BCUT2D eigenvalue weighted by atomic mass is 16.5. The van der Waals surface area contributed by atoms with Gasteiger partial charge in [0.05, 0.1) is 6.61 Å². The molecule has 1 aromatic carbocycles. The monoisotopic (exact) mass is 259 g/mol. The van der Waals surface area contributed by atoms with Crippen LogP contribution in [0.4, 0.5) is 0 Å². The van der Waals surface area contributed by atoms with Gasteiger partial charge >= 0.3 is 0 Å². The third-order valence-electron chi connectivity index (χ3n) is 4.76. The molecule has 0 bridgehead atoms. The van der Waals surface area contributed by atoms with Gasteiger partial charge in [0.15, 0.2) is 0 Å². The average molecular weight is 259 g/mol. The lowest BCUT2D eigenvalue weighted by Crippen LogP contribution is -2.37. The minimum atomic E-state index is 0.725. The Morgan fingerprint density at radius 2 is 2.16 bits per heavy atom. The summed E-state index contributed by atoms with van der Waals surface area (Å²) in [5, 5.41) is 3.79. The maximum absolute atomic E-state index is 5.56. The molecule has 2 nitrogen and oxygen atoms in total. The predicted molar refractivity (Wildman–Crippen MR) is 78.5 cm³/mol. The maximum Gasteiger partial charge on any atom is 0.122 e. The molecule has 0 aromatic heterocycles. The molecule has 0 radical (unpaired) electrons. The van der Waals surface area contributed by atoms with Crippen molar-refractivity contribution in [3.05, 3.63) is 29.3 Å². The molecule has 1 aromatic rings. The fourth-order valence-electron chi connectivity index (χ4n) is 3.56. The minimum absolute atomic E-state index is 0.725. The second-order valence-electron chi connectivity index (χ2n) is 5.98. The van der Waals surface area contributed by atoms with E-state index in [1.54, 1.807) is 0 Å². The Hall–Kier alpha value is -1.02. The van der Waals surface area contributed by atoms with Crippen LogP contribution in [0.2, 0.25) is 0 Å². The van der Waals surface area contributed by atoms with Crippen LogP contribution in [0.5, 0.6) is 5.75 Å². The van der Waals surface area contributed by atoms with E-state index in [1.165, 1.54) is 43.2 Å². The molecule has 1 heterocycles. The lowest BCUT2D eigenvalue weighted by atomic mass is 9.83. The molecule has 1 aliphatic carbocycles. The van der Waals surface area contributed by atoms with E-state index in [4.69, 9.17) is 4.74 Å². The van der Waals surface area contributed by atoms with E-state index in [0.717, 1.165) is 37.3 Å². The van der Waals surface area contributed by atoms with Gasteiger partial charge in [-0.25, -0.2) is 0 Å². The van der Waals surface area contributed by atoms with Crippen LogP contribution in [0.15, 0.2) is 18.2 Å². The maximum atomic E-state index is 5.56. The quantitative estimate of drug-likeness (QED) is 0.890. The molecule has 1 aliphatic heterocycles. The van der Waals surface area contributed by atoms with Gasteiger partial charge in [-0.2, -0.15) is 0 Å². The highest BCUT2D eigenvalue weighted by molar-refractivity contribution is 5.39. The van der Waals surface area contributed by atoms with Gasteiger partial charge in [0.2, 0.25) is 0 Å². The number of fused-ring (bicyclic) bond motifs is 1. The van der Waals surface area contributed by atoms with Crippen molar-refractivity contribution in [2.45, 2.75) is 58.0 Å². The van der Waals surface area contributed by atoms with Crippen LogP contribution in [0, 0.1) is 5.92 Å². The van der Waals surface area contributed by atoms with Crippen LogP contribution in [0.25, 0.3) is 0 Å². The van der Waals surface area contributed by atoms with Crippen molar-refractivity contribution in [3.63, 3.8) is 0 Å². The van der Waals surface area contributed by atoms with Gasteiger partial charge in [0.25, 0.3) is 0 Å². The number of nitrogens with one attached hydrogen (secondary N) is 1. The van der Waals surface area contributed by atoms with Crippen molar-refractivity contribution >= 4 is 0 Å². The summed E-state index contributed by atoms with van der Waals surface area (Å²) in [6, 6.07) is 7.39. The largest absolute Gasteiger partial charge is 0.493 e. The fourth-order valence-corrected chi connectivity index (χ4v) is 3.56. The Morgan fingerprint density at radius 1 is 1.26 bits per heavy atom. The molecule has 1 fully saturated rings. The summed E-state index contributed by atoms with van der Waals surface area (Å²) in [7, 11) is 0. The second-order valence-corrected chi connectivity index (χ2v) is 5.98. The summed E-state index contributed by atoms with van der Waals surface area (Å²) >= 11 is 0. The number of hydrogen-bond donors (Lipinski definition) is 1. The SMILES string of the molecule is CCC1CCCCC1NCc1ccc2c(c1)CCO2. The summed E-state index contributed by atoms with van der Waals surface area (Å²) in [6.07, 6.45) is 7.97. The molecule has 1 saturated carbocycles. The molecule has 2 heteroatoms. The number of ether oxygens (including phenoxy) is 1. The smallest absolute Gasteiger partial charge is 0.122 e. The first-order valence-corrected chi connectivity index (χ1v) is 7.85. The zero-order valence-corrected chi connectivity index (χ0v) is 12.0. The molecular formula is C17H25NO. The van der Waals surface area contributed by atoms with Crippen LogP contribution in [0.1, 0.15) is 50.2 Å². The lowest BCUT2D eigenvalue weighted by Gasteiger charge is -2.31. The van der Waals surface area contributed by atoms with Crippen molar-refractivity contribution in [2.24, 2.45) is 5.92 Å². The Morgan fingerprint density at radius 3 is 3.05 bits per heavy atom. The van der Waals surface area contributed by atoms with Crippen LogP contribution in [-0.4, -0.2) is 12.6 Å². The average Bonchev–Trinajstić information content (AvgIpc) is 2.93. The van der Waals surface area contributed by atoms with Crippen molar-refractivity contribution in [1.82, 2.24) is 5.32 Å². The zero-order chi connectivity index (χ0) is 13.1. The van der Waals surface area contributed by atoms with E-state index in [-0.39, 0.29) is 0 Å². The second kappa shape index (κ2) is 5.96. The summed E-state index contributed by atoms with van der Waals surface area (Å²) in [5.74, 6) is 1.97. The Kier molecular flexibility index (Phi) is 4.07. The molecule has 2 aliphatic rings. The molecule has 19 heavy (non-hydrogen) atoms. The molecular weight excluding hydrogens is 234 g/mol. The Labute approximate surface area is 116 Å². The number of rotatable bonds is 4. The van der Waals surface area contributed by atoms with Gasteiger partial charge in [-0.1, -0.05) is 38.3 Å². The first-order chi connectivity index (χ1) is 9.36. The van der Waals surface area contributed by atoms with Crippen molar-refractivity contribution in [1.29, 1.82) is 0 Å². The molecule has 104 valence electrons. The molecule has 0 saturated heterocycles. The van der Waals surface area contributed by atoms with Crippen LogP contribution in [0.3, 0.4) is 0 Å². The van der Waals surface area contributed by atoms with E-state index in [2.05, 4.69) is 30.4 Å². The van der Waals surface area contributed by atoms with Crippen LogP contribution >= 0.6 is 0 Å². The molecule has 2 atom stereocenters. The topological polar surface area (TPSA) is 21.3 Å². The third kappa shape index (κ3) is 2.94. The van der Waals surface area contributed by atoms with E-state index in [0.29, 0.717) is 0 Å². The van der Waals surface area contributed by atoms with Gasteiger partial charge in [-0.05, 0) is 36.0 Å². The van der Waals surface area contributed by atoms with Gasteiger partial charge in [-0.3, -0.25) is 0 Å².